The van der Waals surface area contributed by atoms with Crippen LogP contribution in [0.1, 0.15) is 87.9 Å². The van der Waals surface area contributed by atoms with Crippen LogP contribution in [0.5, 0.6) is 11.5 Å². The topological polar surface area (TPSA) is 59.1 Å². The van der Waals surface area contributed by atoms with Crippen LogP contribution in [0.2, 0.25) is 0 Å². The van der Waals surface area contributed by atoms with E-state index in [9.17, 15) is 9.59 Å². The van der Waals surface area contributed by atoms with Crippen LogP contribution in [-0.2, 0) is 0 Å². The highest BCUT2D eigenvalue weighted by molar-refractivity contribution is 5.98. The van der Waals surface area contributed by atoms with Crippen molar-refractivity contribution in [3.8, 4) is 11.5 Å². The number of carbonyl (C=O) groups excluding carboxylic acids is 2. The van der Waals surface area contributed by atoms with E-state index in [1.54, 1.807) is 0 Å². The van der Waals surface area contributed by atoms with Crippen molar-refractivity contribution < 1.29 is 19.1 Å². The summed E-state index contributed by atoms with van der Waals surface area (Å²) < 4.78 is 11.1. The highest BCUT2D eigenvalue weighted by Crippen LogP contribution is 2.24. The maximum Gasteiger partial charge on any atom is 0.167 e. The zero-order valence-corrected chi connectivity index (χ0v) is 25.8. The minimum atomic E-state index is -0.0686. The van der Waals surface area contributed by atoms with Gasteiger partial charge in [-0.1, -0.05) is 40.5 Å². The molecule has 2 atom stereocenters. The highest BCUT2D eigenvalue weighted by atomic mass is 16.5. The molecule has 0 radical (unpaired) electrons. The van der Waals surface area contributed by atoms with E-state index in [1.165, 1.54) is 0 Å². The van der Waals surface area contributed by atoms with E-state index in [0.29, 0.717) is 13.2 Å². The van der Waals surface area contributed by atoms with Crippen molar-refractivity contribution in [2.75, 3.05) is 52.5 Å². The zero-order chi connectivity index (χ0) is 29.3. The Kier molecular flexibility index (Phi) is 15.6. The summed E-state index contributed by atoms with van der Waals surface area (Å²) in [4.78, 5) is 31.8. The molecule has 0 aliphatic heterocycles. The van der Waals surface area contributed by atoms with Gasteiger partial charge >= 0.3 is 0 Å². The Morgan fingerprint density at radius 3 is 1.18 bits per heavy atom. The average molecular weight is 553 g/mol. The molecule has 6 nitrogen and oxygen atoms in total. The Hall–Kier alpha value is -2.70. The fourth-order valence-electron chi connectivity index (χ4n) is 5.21. The highest BCUT2D eigenvalue weighted by Gasteiger charge is 2.25. The third-order valence-corrected chi connectivity index (χ3v) is 7.74. The maximum atomic E-state index is 13.6. The van der Waals surface area contributed by atoms with Gasteiger partial charge in [-0.05, 0) is 101 Å². The minimum absolute atomic E-state index is 0.0686. The predicted molar refractivity (Wildman–Crippen MR) is 165 cm³/mol. The number of nitrogens with zero attached hydrogens (tertiary/aromatic N) is 2. The zero-order valence-electron chi connectivity index (χ0n) is 25.8. The molecule has 0 unspecified atom stereocenters. The minimum Gasteiger partial charge on any atom is -0.494 e. The summed E-state index contributed by atoms with van der Waals surface area (Å²) in [6.07, 6.45) is 3.47. The summed E-state index contributed by atoms with van der Waals surface area (Å²) >= 11 is 0. The molecule has 0 heterocycles. The van der Waals surface area contributed by atoms with Gasteiger partial charge in [-0.2, -0.15) is 0 Å². The van der Waals surface area contributed by atoms with E-state index in [0.717, 1.165) is 87.6 Å². The van der Waals surface area contributed by atoms with Crippen molar-refractivity contribution in [2.45, 2.75) is 67.2 Å². The number of hydrogen-bond acceptors (Lipinski definition) is 6. The standard InChI is InChI=1S/C34H52N2O4/c1-7-35(8-2)25-29(33(37)27-17-21-31(22-18-27)39-11-5)15-13-14-16-30(26-36(9-3)10-4)34(38)28-19-23-32(24-20-28)40-12-6/h17-24,29-30H,7-16,25-26H2,1-6H3/t29-,30-/m1/s1. The molecule has 40 heavy (non-hydrogen) atoms. The first-order valence-electron chi connectivity index (χ1n) is 15.4. The van der Waals surface area contributed by atoms with Gasteiger partial charge < -0.3 is 19.3 Å². The van der Waals surface area contributed by atoms with Crippen molar-refractivity contribution in [2.24, 2.45) is 11.8 Å². The lowest BCUT2D eigenvalue weighted by Gasteiger charge is -2.26. The third-order valence-electron chi connectivity index (χ3n) is 7.74. The summed E-state index contributed by atoms with van der Waals surface area (Å²) in [6.45, 7) is 18.9. The molecule has 0 aromatic heterocycles. The van der Waals surface area contributed by atoms with Crippen LogP contribution in [0.3, 0.4) is 0 Å². The normalized spacial score (nSPS) is 12.9. The molecule has 0 N–H and O–H groups in total. The lowest BCUT2D eigenvalue weighted by molar-refractivity contribution is 0.0852. The van der Waals surface area contributed by atoms with Gasteiger partial charge in [0, 0.05) is 36.1 Å². The van der Waals surface area contributed by atoms with Gasteiger partial charge in [0.05, 0.1) is 13.2 Å². The molecule has 2 aromatic carbocycles. The van der Waals surface area contributed by atoms with E-state index in [-0.39, 0.29) is 23.4 Å². The SMILES string of the molecule is CCOc1ccc(C(=O)[C@H](CCCC[C@H](CN(CC)CC)C(=O)c2ccc(OCC)cc2)CN(CC)CC)cc1. The van der Waals surface area contributed by atoms with Crippen LogP contribution in [0, 0.1) is 11.8 Å². The van der Waals surface area contributed by atoms with Gasteiger partial charge in [0.1, 0.15) is 11.5 Å². The van der Waals surface area contributed by atoms with Crippen LogP contribution in [0.25, 0.3) is 0 Å². The number of carbonyl (C=O) groups is 2. The molecule has 6 heteroatoms. The van der Waals surface area contributed by atoms with Crippen LogP contribution in [-0.4, -0.2) is 73.8 Å². The maximum absolute atomic E-state index is 13.6. The van der Waals surface area contributed by atoms with Gasteiger partial charge in [-0.25, -0.2) is 0 Å². The van der Waals surface area contributed by atoms with Crippen molar-refractivity contribution >= 4 is 11.6 Å². The molecule has 0 amide bonds. The van der Waals surface area contributed by atoms with E-state index in [4.69, 9.17) is 9.47 Å². The fraction of sp³-hybridized carbons (Fsp3) is 0.588. The Morgan fingerprint density at radius 1 is 0.575 bits per heavy atom. The summed E-state index contributed by atoms with van der Waals surface area (Å²) in [5.41, 5.74) is 1.48. The van der Waals surface area contributed by atoms with Crippen molar-refractivity contribution in [3.05, 3.63) is 59.7 Å². The molecule has 0 saturated carbocycles. The molecule has 2 rings (SSSR count). The lowest BCUT2D eigenvalue weighted by Crippen LogP contribution is -2.34. The first-order valence-corrected chi connectivity index (χ1v) is 15.4. The van der Waals surface area contributed by atoms with Gasteiger partial charge in [0.15, 0.2) is 11.6 Å². The molecule has 0 bridgehead atoms. The first-order chi connectivity index (χ1) is 19.4. The monoisotopic (exact) mass is 552 g/mol. The Bertz CT molecular complexity index is 901. The molecule has 0 spiro atoms. The van der Waals surface area contributed by atoms with Crippen LogP contribution >= 0.6 is 0 Å². The largest absolute Gasteiger partial charge is 0.494 e. The van der Waals surface area contributed by atoms with E-state index in [1.807, 2.05) is 62.4 Å². The van der Waals surface area contributed by atoms with Gasteiger partial charge in [0.25, 0.3) is 0 Å². The first kappa shape index (κ1) is 33.5. The summed E-state index contributed by atoms with van der Waals surface area (Å²) in [5, 5.41) is 0. The number of hydrogen-bond donors (Lipinski definition) is 0. The molecule has 222 valence electrons. The molecule has 0 aliphatic rings. The molecule has 0 aliphatic carbocycles. The summed E-state index contributed by atoms with van der Waals surface area (Å²) in [5.74, 6) is 1.83. The predicted octanol–water partition coefficient (Wildman–Crippen LogP) is 7.03. The smallest absolute Gasteiger partial charge is 0.167 e. The van der Waals surface area contributed by atoms with Crippen molar-refractivity contribution in [1.82, 2.24) is 9.80 Å². The molecule has 0 saturated heterocycles. The second kappa shape index (κ2) is 18.6. The van der Waals surface area contributed by atoms with Crippen LogP contribution in [0.4, 0.5) is 0 Å². The second-order valence-corrected chi connectivity index (χ2v) is 10.3. The Labute approximate surface area is 243 Å². The van der Waals surface area contributed by atoms with Crippen LogP contribution < -0.4 is 9.47 Å². The van der Waals surface area contributed by atoms with Crippen LogP contribution in [0.15, 0.2) is 48.5 Å². The summed E-state index contributed by atoms with van der Waals surface area (Å²) in [6, 6.07) is 15.1. The van der Waals surface area contributed by atoms with Gasteiger partial charge in [0.2, 0.25) is 0 Å². The van der Waals surface area contributed by atoms with E-state index < -0.39 is 0 Å². The van der Waals surface area contributed by atoms with Gasteiger partial charge in [-0.15, -0.1) is 0 Å². The molecular formula is C34H52N2O4. The fourth-order valence-corrected chi connectivity index (χ4v) is 5.21. The van der Waals surface area contributed by atoms with Gasteiger partial charge in [-0.3, -0.25) is 9.59 Å². The number of unbranched alkanes of at least 4 members (excludes halogenated alkanes) is 1. The number of Topliss-reactive ketones (excluding diaryl/α,β-unsaturated/α-hetero) is 2. The molecule has 0 fully saturated rings. The quantitative estimate of drug-likeness (QED) is 0.122. The number of rotatable bonds is 21. The van der Waals surface area contributed by atoms with Crippen molar-refractivity contribution in [3.63, 3.8) is 0 Å². The molecular weight excluding hydrogens is 500 g/mol. The number of ether oxygens (including phenoxy) is 2. The van der Waals surface area contributed by atoms with E-state index in [2.05, 4.69) is 37.5 Å². The Morgan fingerprint density at radius 2 is 0.900 bits per heavy atom. The van der Waals surface area contributed by atoms with E-state index >= 15 is 0 Å². The Balaban J connectivity index is 2.09. The van der Waals surface area contributed by atoms with Crippen molar-refractivity contribution in [1.29, 1.82) is 0 Å². The lowest BCUT2D eigenvalue weighted by atomic mass is 9.88. The second-order valence-electron chi connectivity index (χ2n) is 10.3. The third kappa shape index (κ3) is 10.7. The molecule has 2 aromatic rings. The number of ketones is 2. The number of benzene rings is 2. The summed E-state index contributed by atoms with van der Waals surface area (Å²) in [7, 11) is 0. The average Bonchev–Trinajstić information content (AvgIpc) is 2.99.